The van der Waals surface area contributed by atoms with Crippen LogP contribution in [0, 0.1) is 0 Å². The summed E-state index contributed by atoms with van der Waals surface area (Å²) in [5.74, 6) is 2.01. The third-order valence-corrected chi connectivity index (χ3v) is 2.31. The van der Waals surface area contributed by atoms with Crippen LogP contribution in [-0.2, 0) is 6.54 Å². The Morgan fingerprint density at radius 3 is 2.94 bits per heavy atom. The second-order valence-corrected chi connectivity index (χ2v) is 4.19. The van der Waals surface area contributed by atoms with Gasteiger partial charge in [-0.2, -0.15) is 0 Å². The van der Waals surface area contributed by atoms with Gasteiger partial charge in [0.15, 0.2) is 17.5 Å². The Morgan fingerprint density at radius 2 is 2.18 bits per heavy atom. The Hall–Kier alpha value is -1.91. The summed E-state index contributed by atoms with van der Waals surface area (Å²) in [6, 6.07) is 6.06. The van der Waals surface area contributed by atoms with Crippen molar-refractivity contribution in [3.63, 3.8) is 0 Å². The monoisotopic (exact) mass is 235 g/mol. The van der Waals surface area contributed by atoms with Gasteiger partial charge in [-0.3, -0.25) is 0 Å². The number of aliphatic imine (C=N–C) groups is 1. The van der Waals surface area contributed by atoms with E-state index in [4.69, 9.17) is 15.2 Å². The van der Waals surface area contributed by atoms with Crippen LogP contribution in [0.1, 0.15) is 19.4 Å². The van der Waals surface area contributed by atoms with Crippen molar-refractivity contribution in [2.45, 2.75) is 26.4 Å². The molecule has 0 spiro atoms. The predicted octanol–water partition coefficient (Wildman–Crippen LogP) is 1.23. The summed E-state index contributed by atoms with van der Waals surface area (Å²) >= 11 is 0. The standard InChI is InChI=1S/C12H17N3O2/c1-8(2)15-12(13)14-6-9-3-4-10-11(5-9)17-7-16-10/h3-5,8H,6-7H2,1-2H3,(H3,13,14,15). The molecule has 5 heteroatoms. The highest BCUT2D eigenvalue weighted by atomic mass is 16.7. The summed E-state index contributed by atoms with van der Waals surface area (Å²) < 4.78 is 10.5. The molecule has 1 aromatic rings. The van der Waals surface area contributed by atoms with Crippen molar-refractivity contribution in [3.05, 3.63) is 23.8 Å². The summed E-state index contributed by atoms with van der Waals surface area (Å²) in [6.07, 6.45) is 0. The predicted molar refractivity (Wildman–Crippen MR) is 66.2 cm³/mol. The van der Waals surface area contributed by atoms with Gasteiger partial charge in [-0.1, -0.05) is 6.07 Å². The Bertz CT molecular complexity index is 430. The number of fused-ring (bicyclic) bond motifs is 1. The molecule has 0 radical (unpaired) electrons. The van der Waals surface area contributed by atoms with Gasteiger partial charge in [0.25, 0.3) is 0 Å². The lowest BCUT2D eigenvalue weighted by atomic mass is 10.2. The number of hydrogen-bond acceptors (Lipinski definition) is 3. The average Bonchev–Trinajstić information content (AvgIpc) is 2.72. The second-order valence-electron chi connectivity index (χ2n) is 4.19. The Morgan fingerprint density at radius 1 is 1.41 bits per heavy atom. The fourth-order valence-corrected chi connectivity index (χ4v) is 1.56. The maximum Gasteiger partial charge on any atom is 0.231 e. The van der Waals surface area contributed by atoms with E-state index < -0.39 is 0 Å². The van der Waals surface area contributed by atoms with Crippen LogP contribution >= 0.6 is 0 Å². The summed E-state index contributed by atoms with van der Waals surface area (Å²) in [7, 11) is 0. The van der Waals surface area contributed by atoms with Crippen LogP contribution in [0.25, 0.3) is 0 Å². The Labute approximate surface area is 101 Å². The van der Waals surface area contributed by atoms with Gasteiger partial charge < -0.3 is 20.5 Å². The summed E-state index contributed by atoms with van der Waals surface area (Å²) in [4.78, 5) is 4.25. The lowest BCUT2D eigenvalue weighted by molar-refractivity contribution is 0.174. The number of nitrogens with one attached hydrogen (secondary N) is 1. The van der Waals surface area contributed by atoms with Gasteiger partial charge in [0.1, 0.15) is 0 Å². The maximum atomic E-state index is 5.72. The first-order valence-corrected chi connectivity index (χ1v) is 5.60. The van der Waals surface area contributed by atoms with Crippen molar-refractivity contribution in [2.24, 2.45) is 10.7 Å². The van der Waals surface area contributed by atoms with Crippen LogP contribution in [0.2, 0.25) is 0 Å². The molecule has 2 rings (SSSR count). The highest BCUT2D eigenvalue weighted by Crippen LogP contribution is 2.32. The van der Waals surface area contributed by atoms with E-state index in [1.165, 1.54) is 0 Å². The molecule has 3 N–H and O–H groups in total. The van der Waals surface area contributed by atoms with E-state index in [2.05, 4.69) is 10.3 Å². The third kappa shape index (κ3) is 3.03. The number of guanidine groups is 1. The first-order valence-electron chi connectivity index (χ1n) is 5.60. The lowest BCUT2D eigenvalue weighted by Crippen LogP contribution is -2.36. The summed E-state index contributed by atoms with van der Waals surface area (Å²) in [5, 5.41) is 3.04. The molecule has 1 aliphatic heterocycles. The van der Waals surface area contributed by atoms with Gasteiger partial charge in [0.2, 0.25) is 6.79 Å². The zero-order valence-corrected chi connectivity index (χ0v) is 10.1. The van der Waals surface area contributed by atoms with E-state index in [0.717, 1.165) is 17.1 Å². The minimum atomic E-state index is 0.288. The highest BCUT2D eigenvalue weighted by molar-refractivity contribution is 5.78. The smallest absolute Gasteiger partial charge is 0.231 e. The molecule has 1 aromatic carbocycles. The molecule has 92 valence electrons. The molecule has 0 atom stereocenters. The minimum absolute atomic E-state index is 0.288. The molecule has 0 fully saturated rings. The van der Waals surface area contributed by atoms with Crippen LogP contribution in [0.15, 0.2) is 23.2 Å². The molecular weight excluding hydrogens is 218 g/mol. The molecule has 1 heterocycles. The highest BCUT2D eigenvalue weighted by Gasteiger charge is 2.12. The molecule has 0 aliphatic carbocycles. The van der Waals surface area contributed by atoms with Crippen LogP contribution in [0.3, 0.4) is 0 Å². The molecular formula is C12H17N3O2. The molecule has 0 unspecified atom stereocenters. The second kappa shape index (κ2) is 4.95. The summed E-state index contributed by atoms with van der Waals surface area (Å²) in [6.45, 7) is 4.85. The fourth-order valence-electron chi connectivity index (χ4n) is 1.56. The van der Waals surface area contributed by atoms with Gasteiger partial charge >= 0.3 is 0 Å². The van der Waals surface area contributed by atoms with Gasteiger partial charge in [-0.15, -0.1) is 0 Å². The van der Waals surface area contributed by atoms with E-state index in [9.17, 15) is 0 Å². The molecule has 1 aliphatic rings. The lowest BCUT2D eigenvalue weighted by Gasteiger charge is -2.08. The maximum absolute atomic E-state index is 5.72. The third-order valence-electron chi connectivity index (χ3n) is 2.31. The van der Waals surface area contributed by atoms with Gasteiger partial charge in [0, 0.05) is 6.04 Å². The summed E-state index contributed by atoms with van der Waals surface area (Å²) in [5.41, 5.74) is 6.76. The number of nitrogens with zero attached hydrogens (tertiary/aromatic N) is 1. The van der Waals surface area contributed by atoms with E-state index in [1.807, 2.05) is 32.0 Å². The number of benzene rings is 1. The fraction of sp³-hybridized carbons (Fsp3) is 0.417. The molecule has 0 aromatic heterocycles. The Balaban J connectivity index is 2.00. The van der Waals surface area contributed by atoms with Crippen LogP contribution in [0.5, 0.6) is 11.5 Å². The normalized spacial score (nSPS) is 14.2. The van der Waals surface area contributed by atoms with Crippen molar-refractivity contribution in [2.75, 3.05) is 6.79 Å². The van der Waals surface area contributed by atoms with Crippen LogP contribution < -0.4 is 20.5 Å². The van der Waals surface area contributed by atoms with Crippen molar-refractivity contribution in [1.29, 1.82) is 0 Å². The van der Waals surface area contributed by atoms with Crippen LogP contribution in [-0.4, -0.2) is 18.8 Å². The van der Waals surface area contributed by atoms with Gasteiger partial charge in [-0.25, -0.2) is 4.99 Å². The quantitative estimate of drug-likeness (QED) is 0.610. The van der Waals surface area contributed by atoms with Crippen molar-refractivity contribution in [3.8, 4) is 11.5 Å². The Kier molecular flexibility index (Phi) is 3.37. The van der Waals surface area contributed by atoms with E-state index in [1.54, 1.807) is 0 Å². The van der Waals surface area contributed by atoms with Gasteiger partial charge in [0.05, 0.1) is 6.54 Å². The van der Waals surface area contributed by atoms with Gasteiger partial charge in [-0.05, 0) is 31.5 Å². The number of ether oxygens (including phenoxy) is 2. The molecule has 0 amide bonds. The van der Waals surface area contributed by atoms with E-state index >= 15 is 0 Å². The number of hydrogen-bond donors (Lipinski definition) is 2. The first-order chi connectivity index (χ1) is 8.15. The molecule has 5 nitrogen and oxygen atoms in total. The topological polar surface area (TPSA) is 68.9 Å². The first kappa shape index (κ1) is 11.6. The zero-order chi connectivity index (χ0) is 12.3. The van der Waals surface area contributed by atoms with Crippen molar-refractivity contribution >= 4 is 5.96 Å². The van der Waals surface area contributed by atoms with Crippen molar-refractivity contribution in [1.82, 2.24) is 5.32 Å². The zero-order valence-electron chi connectivity index (χ0n) is 10.1. The number of rotatable bonds is 3. The van der Waals surface area contributed by atoms with E-state index in [-0.39, 0.29) is 6.04 Å². The SMILES string of the molecule is CC(C)NC(N)=NCc1ccc2c(c1)OCO2. The molecule has 0 bridgehead atoms. The van der Waals surface area contributed by atoms with Crippen molar-refractivity contribution < 1.29 is 9.47 Å². The molecule has 0 saturated carbocycles. The average molecular weight is 235 g/mol. The minimum Gasteiger partial charge on any atom is -0.454 e. The molecule has 17 heavy (non-hydrogen) atoms. The number of nitrogens with two attached hydrogens (primary N) is 1. The van der Waals surface area contributed by atoms with E-state index in [0.29, 0.717) is 19.3 Å². The largest absolute Gasteiger partial charge is 0.454 e. The van der Waals surface area contributed by atoms with Crippen LogP contribution in [0.4, 0.5) is 0 Å². The molecule has 0 saturated heterocycles.